The van der Waals surface area contributed by atoms with Crippen LogP contribution < -0.4 is 5.73 Å². The van der Waals surface area contributed by atoms with E-state index in [9.17, 15) is 4.79 Å². The lowest BCUT2D eigenvalue weighted by Gasteiger charge is -2.42. The summed E-state index contributed by atoms with van der Waals surface area (Å²) in [6.45, 7) is 11.5. The molecule has 6 nitrogen and oxygen atoms in total. The molecule has 148 valence electrons. The van der Waals surface area contributed by atoms with Gasteiger partial charge >= 0.3 is 0 Å². The smallest absolute Gasteiger partial charge is 0.259 e. The molecule has 1 amide bonds. The monoisotopic (exact) mass is 398 g/mol. The zero-order valence-corrected chi connectivity index (χ0v) is 17.8. The van der Waals surface area contributed by atoms with E-state index in [1.54, 1.807) is 11.3 Å². The number of aromatic nitrogens is 2. The van der Waals surface area contributed by atoms with Crippen molar-refractivity contribution in [1.82, 2.24) is 15.0 Å². The van der Waals surface area contributed by atoms with E-state index in [2.05, 4.69) is 43.9 Å². The van der Waals surface area contributed by atoms with Gasteiger partial charge in [-0.05, 0) is 44.7 Å². The van der Waals surface area contributed by atoms with Crippen molar-refractivity contribution in [3.8, 4) is 11.3 Å². The van der Waals surface area contributed by atoms with Crippen LogP contribution >= 0.6 is 11.3 Å². The lowest BCUT2D eigenvalue weighted by Crippen LogP contribution is -2.54. The summed E-state index contributed by atoms with van der Waals surface area (Å²) in [6.07, 6.45) is 0.797. The van der Waals surface area contributed by atoms with Crippen LogP contribution in [-0.4, -0.2) is 40.1 Å². The van der Waals surface area contributed by atoms with Crippen molar-refractivity contribution < 1.29 is 9.32 Å². The minimum atomic E-state index is -0.117. The predicted octanol–water partition coefficient (Wildman–Crippen LogP) is 4.08. The molecule has 7 heteroatoms. The van der Waals surface area contributed by atoms with Crippen LogP contribution in [-0.2, 0) is 0 Å². The molecule has 1 unspecified atom stereocenters. The first kappa shape index (κ1) is 19.1. The number of hydrogen-bond donors (Lipinski definition) is 1. The summed E-state index contributed by atoms with van der Waals surface area (Å²) in [5.41, 5.74) is 9.63. The number of thiophene rings is 1. The molecule has 0 aliphatic carbocycles. The van der Waals surface area contributed by atoms with E-state index in [0.29, 0.717) is 35.4 Å². The highest BCUT2D eigenvalue weighted by Gasteiger charge is 2.36. The fraction of sp³-hybridized carbons (Fsp3) is 0.476. The van der Waals surface area contributed by atoms with Crippen LogP contribution in [0, 0.1) is 26.2 Å². The molecular formula is C21H26N4O2S. The van der Waals surface area contributed by atoms with E-state index in [-0.39, 0.29) is 17.4 Å². The molecule has 0 bridgehead atoms. The Morgan fingerprint density at radius 2 is 2.07 bits per heavy atom. The fourth-order valence-electron chi connectivity index (χ4n) is 4.00. The third-order valence-electron chi connectivity index (χ3n) is 5.76. The molecule has 0 radical (unpaired) electrons. The molecular weight excluding hydrogens is 372 g/mol. The zero-order chi connectivity index (χ0) is 20.2. The molecule has 2 N–H and O–H groups in total. The van der Waals surface area contributed by atoms with E-state index >= 15 is 0 Å². The molecule has 3 aromatic heterocycles. The summed E-state index contributed by atoms with van der Waals surface area (Å²) >= 11 is 1.72. The predicted molar refractivity (Wildman–Crippen MR) is 112 cm³/mol. The summed E-state index contributed by atoms with van der Waals surface area (Å²) in [5.74, 6) is -0.00969. The number of aryl methyl sites for hydroxylation is 3. The Kier molecular flexibility index (Phi) is 4.55. The minimum Gasteiger partial charge on any atom is -0.338 e. The third kappa shape index (κ3) is 3.12. The maximum absolute atomic E-state index is 13.5. The fourth-order valence-corrected chi connectivity index (χ4v) is 4.94. The molecule has 1 aliphatic rings. The maximum atomic E-state index is 13.5. The maximum Gasteiger partial charge on any atom is 0.259 e. The second-order valence-electron chi connectivity index (χ2n) is 8.44. The van der Waals surface area contributed by atoms with E-state index < -0.39 is 0 Å². The SMILES string of the molecule is Cc1cc(-c2cc(C(=O)N3CCC(N)C(C)(C)C3)c3c(C)noc3n2)c(C)s1. The number of amides is 1. The second-order valence-corrected chi connectivity index (χ2v) is 9.90. The topological polar surface area (TPSA) is 85.2 Å². The number of rotatable bonds is 2. The first-order valence-corrected chi connectivity index (χ1v) is 10.4. The van der Waals surface area contributed by atoms with Crippen molar-refractivity contribution in [3.63, 3.8) is 0 Å². The summed E-state index contributed by atoms with van der Waals surface area (Å²) < 4.78 is 5.45. The number of fused-ring (bicyclic) bond motifs is 1. The molecule has 0 aromatic carbocycles. The van der Waals surface area contributed by atoms with Gasteiger partial charge in [0.25, 0.3) is 11.6 Å². The number of carbonyl (C=O) groups excluding carboxylic acids is 1. The average Bonchev–Trinajstić information content (AvgIpc) is 3.17. The highest BCUT2D eigenvalue weighted by molar-refractivity contribution is 7.12. The molecule has 4 rings (SSSR count). The highest BCUT2D eigenvalue weighted by atomic mass is 32.1. The van der Waals surface area contributed by atoms with E-state index in [1.165, 1.54) is 9.75 Å². The zero-order valence-electron chi connectivity index (χ0n) is 17.0. The lowest BCUT2D eigenvalue weighted by molar-refractivity contribution is 0.0535. The highest BCUT2D eigenvalue weighted by Crippen LogP contribution is 2.34. The first-order chi connectivity index (χ1) is 13.2. The largest absolute Gasteiger partial charge is 0.338 e. The van der Waals surface area contributed by atoms with Crippen LogP contribution in [0.5, 0.6) is 0 Å². The second kappa shape index (κ2) is 6.67. The van der Waals surface area contributed by atoms with Gasteiger partial charge in [-0.1, -0.05) is 19.0 Å². The molecule has 28 heavy (non-hydrogen) atoms. The van der Waals surface area contributed by atoms with Crippen LogP contribution in [0.1, 0.15) is 46.1 Å². The Balaban J connectivity index is 1.82. The van der Waals surface area contributed by atoms with E-state index in [1.807, 2.05) is 17.9 Å². The first-order valence-electron chi connectivity index (χ1n) is 9.56. The van der Waals surface area contributed by atoms with Gasteiger partial charge in [-0.15, -0.1) is 11.3 Å². The van der Waals surface area contributed by atoms with Crippen LogP contribution in [0.4, 0.5) is 0 Å². The number of pyridine rings is 1. The summed E-state index contributed by atoms with van der Waals surface area (Å²) in [7, 11) is 0. The Labute approximate surface area is 168 Å². The average molecular weight is 399 g/mol. The van der Waals surface area contributed by atoms with Crippen molar-refractivity contribution in [2.24, 2.45) is 11.1 Å². The van der Waals surface area contributed by atoms with Crippen molar-refractivity contribution in [2.45, 2.75) is 47.1 Å². The Morgan fingerprint density at radius 1 is 1.32 bits per heavy atom. The standard InChI is InChI=1S/C21H26N4O2S/c1-11-8-14(13(3)28-11)16-9-15(18-12(2)24-27-19(18)23-16)20(26)25-7-6-17(22)21(4,5)10-25/h8-9,17H,6-7,10,22H2,1-5H3. The third-order valence-corrected chi connectivity index (χ3v) is 6.73. The number of piperidine rings is 1. The van der Waals surface area contributed by atoms with Gasteiger partial charge in [0.05, 0.1) is 22.3 Å². The van der Waals surface area contributed by atoms with Crippen molar-refractivity contribution >= 4 is 28.3 Å². The quantitative estimate of drug-likeness (QED) is 0.703. The number of hydrogen-bond acceptors (Lipinski definition) is 6. The number of nitrogens with two attached hydrogens (primary N) is 1. The minimum absolute atomic E-state index is 0.00969. The van der Waals surface area contributed by atoms with Gasteiger partial charge in [0.15, 0.2) is 0 Å². The molecule has 1 saturated heterocycles. The van der Waals surface area contributed by atoms with Crippen LogP contribution in [0.25, 0.3) is 22.4 Å². The molecule has 1 aliphatic heterocycles. The van der Waals surface area contributed by atoms with Crippen molar-refractivity contribution in [2.75, 3.05) is 13.1 Å². The lowest BCUT2D eigenvalue weighted by atomic mass is 9.79. The summed E-state index contributed by atoms with van der Waals surface area (Å²) in [4.78, 5) is 22.5. The molecule has 4 heterocycles. The molecule has 0 saturated carbocycles. The van der Waals surface area contributed by atoms with Gasteiger partial charge < -0.3 is 15.2 Å². The van der Waals surface area contributed by atoms with Crippen LogP contribution in [0.15, 0.2) is 16.7 Å². The van der Waals surface area contributed by atoms with Gasteiger partial charge in [0, 0.05) is 34.4 Å². The number of carbonyl (C=O) groups is 1. The van der Waals surface area contributed by atoms with Gasteiger partial charge in [-0.3, -0.25) is 4.79 Å². The molecule has 1 fully saturated rings. The Bertz CT molecular complexity index is 1070. The molecule has 1 atom stereocenters. The van der Waals surface area contributed by atoms with Gasteiger partial charge in [0.2, 0.25) is 0 Å². The van der Waals surface area contributed by atoms with Gasteiger partial charge in [0.1, 0.15) is 0 Å². The van der Waals surface area contributed by atoms with Gasteiger partial charge in [-0.2, -0.15) is 0 Å². The van der Waals surface area contributed by atoms with Crippen LogP contribution in [0.3, 0.4) is 0 Å². The van der Waals surface area contributed by atoms with Crippen LogP contribution in [0.2, 0.25) is 0 Å². The van der Waals surface area contributed by atoms with E-state index in [0.717, 1.165) is 17.7 Å². The van der Waals surface area contributed by atoms with Crippen molar-refractivity contribution in [3.05, 3.63) is 33.1 Å². The Morgan fingerprint density at radius 3 is 2.71 bits per heavy atom. The normalized spacial score (nSPS) is 19.4. The number of nitrogens with zero attached hydrogens (tertiary/aromatic N) is 3. The number of likely N-dealkylation sites (tertiary alicyclic amines) is 1. The van der Waals surface area contributed by atoms with E-state index in [4.69, 9.17) is 10.3 Å². The molecule has 3 aromatic rings. The summed E-state index contributed by atoms with van der Waals surface area (Å²) in [5, 5.41) is 4.76. The Hall–Kier alpha value is -2.25. The van der Waals surface area contributed by atoms with Crippen molar-refractivity contribution in [1.29, 1.82) is 0 Å². The van der Waals surface area contributed by atoms with Gasteiger partial charge in [-0.25, -0.2) is 4.98 Å². The summed E-state index contributed by atoms with van der Waals surface area (Å²) in [6, 6.07) is 4.10. The molecule has 0 spiro atoms.